The molecule has 0 aliphatic carbocycles. The summed E-state index contributed by atoms with van der Waals surface area (Å²) in [6.45, 7) is 2.65. The number of rotatable bonds is 3. The maximum absolute atomic E-state index is 13.2. The molecule has 0 aromatic heterocycles. The van der Waals surface area contributed by atoms with Gasteiger partial charge in [-0.1, -0.05) is 36.7 Å². The molecule has 0 saturated carbocycles. The molecule has 0 N–H and O–H groups in total. The van der Waals surface area contributed by atoms with Gasteiger partial charge in [-0.2, -0.15) is 0 Å². The Hall–Kier alpha value is -1.89. The Balaban J connectivity index is 2.06. The van der Waals surface area contributed by atoms with Crippen LogP contribution in [0.4, 0.5) is 5.69 Å². The highest BCUT2D eigenvalue weighted by Crippen LogP contribution is 2.32. The number of para-hydroxylation sites is 1. The van der Waals surface area contributed by atoms with Gasteiger partial charge in [0.15, 0.2) is 0 Å². The first-order valence-electron chi connectivity index (χ1n) is 8.33. The molecule has 0 fully saturated rings. The molecule has 1 aliphatic heterocycles. The van der Waals surface area contributed by atoms with Crippen molar-refractivity contribution in [3.05, 3.63) is 58.6 Å². The lowest BCUT2D eigenvalue weighted by atomic mass is 9.93. The van der Waals surface area contributed by atoms with Gasteiger partial charge in [-0.25, -0.2) is 12.7 Å². The van der Waals surface area contributed by atoms with Gasteiger partial charge in [0.1, 0.15) is 0 Å². The standard InChI is InChI=1S/C19H21ClN2O3S/c1-13-10-14-6-4-5-7-18(14)22(12-13)19(23)16-11-15(8-9-17(16)20)26(24,25)21(2)3/h4-9,11,13H,10,12H2,1-3H3. The Kier molecular flexibility index (Phi) is 5.10. The number of benzene rings is 2. The largest absolute Gasteiger partial charge is 0.308 e. The van der Waals surface area contributed by atoms with Crippen LogP contribution in [0.25, 0.3) is 0 Å². The molecule has 138 valence electrons. The molecular weight excluding hydrogens is 372 g/mol. The van der Waals surface area contributed by atoms with Crippen LogP contribution in [0.5, 0.6) is 0 Å². The lowest BCUT2D eigenvalue weighted by molar-refractivity contribution is 0.0981. The average Bonchev–Trinajstić information content (AvgIpc) is 2.60. The summed E-state index contributed by atoms with van der Waals surface area (Å²) in [6.07, 6.45) is 0.905. The predicted octanol–water partition coefficient (Wildman–Crippen LogP) is 3.43. The number of hydrogen-bond acceptors (Lipinski definition) is 3. The van der Waals surface area contributed by atoms with E-state index in [-0.39, 0.29) is 21.4 Å². The van der Waals surface area contributed by atoms with Crippen molar-refractivity contribution in [3.63, 3.8) is 0 Å². The fraction of sp³-hybridized carbons (Fsp3) is 0.316. The van der Waals surface area contributed by atoms with E-state index in [0.29, 0.717) is 12.5 Å². The van der Waals surface area contributed by atoms with Crippen LogP contribution in [0.1, 0.15) is 22.8 Å². The van der Waals surface area contributed by atoms with E-state index in [1.54, 1.807) is 4.90 Å². The zero-order valence-electron chi connectivity index (χ0n) is 14.9. The molecule has 0 radical (unpaired) electrons. The zero-order chi connectivity index (χ0) is 19.1. The highest BCUT2D eigenvalue weighted by Gasteiger charge is 2.29. The minimum absolute atomic E-state index is 0.0496. The highest BCUT2D eigenvalue weighted by molar-refractivity contribution is 7.89. The van der Waals surface area contributed by atoms with Crippen molar-refractivity contribution in [2.24, 2.45) is 5.92 Å². The van der Waals surface area contributed by atoms with E-state index < -0.39 is 10.0 Å². The summed E-state index contributed by atoms with van der Waals surface area (Å²) >= 11 is 6.25. The number of hydrogen-bond donors (Lipinski definition) is 0. The van der Waals surface area contributed by atoms with Crippen LogP contribution in [0, 0.1) is 5.92 Å². The third-order valence-corrected chi connectivity index (χ3v) is 6.68. The minimum Gasteiger partial charge on any atom is -0.308 e. The Morgan fingerprint density at radius 2 is 1.88 bits per heavy atom. The molecule has 1 aliphatic rings. The van der Waals surface area contributed by atoms with Gasteiger partial charge in [-0.05, 0) is 42.2 Å². The number of carbonyl (C=O) groups is 1. The van der Waals surface area contributed by atoms with E-state index in [9.17, 15) is 13.2 Å². The van der Waals surface area contributed by atoms with E-state index in [1.807, 2.05) is 24.3 Å². The van der Waals surface area contributed by atoms with Crippen molar-refractivity contribution in [1.29, 1.82) is 0 Å². The Morgan fingerprint density at radius 3 is 2.58 bits per heavy atom. The zero-order valence-corrected chi connectivity index (χ0v) is 16.5. The van der Waals surface area contributed by atoms with Gasteiger partial charge in [0.05, 0.1) is 15.5 Å². The van der Waals surface area contributed by atoms with Crippen molar-refractivity contribution >= 4 is 33.2 Å². The van der Waals surface area contributed by atoms with Gasteiger partial charge in [-0.15, -0.1) is 0 Å². The molecule has 0 spiro atoms. The molecule has 0 saturated heterocycles. The lowest BCUT2D eigenvalue weighted by Gasteiger charge is -2.33. The van der Waals surface area contributed by atoms with Crippen molar-refractivity contribution in [2.75, 3.05) is 25.5 Å². The fourth-order valence-corrected chi connectivity index (χ4v) is 4.30. The molecule has 26 heavy (non-hydrogen) atoms. The summed E-state index contributed by atoms with van der Waals surface area (Å²) in [7, 11) is -0.743. The van der Waals surface area contributed by atoms with Gasteiger partial charge in [0.2, 0.25) is 10.0 Å². The number of halogens is 1. The van der Waals surface area contributed by atoms with Crippen LogP contribution in [0.15, 0.2) is 47.4 Å². The number of carbonyl (C=O) groups excluding carboxylic acids is 1. The summed E-state index contributed by atoms with van der Waals surface area (Å²) in [4.78, 5) is 15.0. The molecule has 5 nitrogen and oxygen atoms in total. The normalized spacial score (nSPS) is 17.3. The number of anilines is 1. The van der Waals surface area contributed by atoms with Crippen molar-refractivity contribution in [1.82, 2.24) is 4.31 Å². The van der Waals surface area contributed by atoms with Gasteiger partial charge in [0, 0.05) is 26.3 Å². The van der Waals surface area contributed by atoms with Gasteiger partial charge in [-0.3, -0.25) is 4.79 Å². The van der Waals surface area contributed by atoms with Crippen LogP contribution in [0.3, 0.4) is 0 Å². The lowest BCUT2D eigenvalue weighted by Crippen LogP contribution is -2.39. The van der Waals surface area contributed by atoms with Crippen LogP contribution < -0.4 is 4.90 Å². The van der Waals surface area contributed by atoms with Crippen LogP contribution >= 0.6 is 11.6 Å². The average molecular weight is 393 g/mol. The van der Waals surface area contributed by atoms with Crippen LogP contribution in [0.2, 0.25) is 5.02 Å². The second kappa shape index (κ2) is 7.02. The summed E-state index contributed by atoms with van der Waals surface area (Å²) < 4.78 is 25.9. The third kappa shape index (κ3) is 3.37. The van der Waals surface area contributed by atoms with Gasteiger partial charge < -0.3 is 4.90 Å². The maximum atomic E-state index is 13.2. The van der Waals surface area contributed by atoms with Crippen molar-refractivity contribution < 1.29 is 13.2 Å². The first-order chi connectivity index (χ1) is 12.2. The Bertz CT molecular complexity index is 957. The molecular formula is C19H21ClN2O3S. The number of sulfonamides is 1. The number of nitrogens with zero attached hydrogens (tertiary/aromatic N) is 2. The topological polar surface area (TPSA) is 57.7 Å². The highest BCUT2D eigenvalue weighted by atomic mass is 35.5. The molecule has 7 heteroatoms. The minimum atomic E-state index is -3.65. The smallest absolute Gasteiger partial charge is 0.259 e. The Morgan fingerprint density at radius 1 is 1.19 bits per heavy atom. The summed E-state index contributed by atoms with van der Waals surface area (Å²) in [5.74, 6) is 0.0196. The van der Waals surface area contributed by atoms with E-state index in [0.717, 1.165) is 22.0 Å². The molecule has 0 bridgehead atoms. The third-order valence-electron chi connectivity index (χ3n) is 4.54. The van der Waals surface area contributed by atoms with Crippen molar-refractivity contribution in [3.8, 4) is 0 Å². The fourth-order valence-electron chi connectivity index (χ4n) is 3.17. The second-order valence-corrected chi connectivity index (χ2v) is 9.34. The molecule has 1 unspecified atom stereocenters. The van der Waals surface area contributed by atoms with Gasteiger partial charge >= 0.3 is 0 Å². The quantitative estimate of drug-likeness (QED) is 0.804. The molecule has 1 amide bonds. The Labute approximate surface area is 159 Å². The SMILES string of the molecule is CC1Cc2ccccc2N(C(=O)c2cc(S(=O)(=O)N(C)C)ccc2Cl)C1. The summed E-state index contributed by atoms with van der Waals surface area (Å²) in [6, 6.07) is 12.0. The predicted molar refractivity (Wildman–Crippen MR) is 103 cm³/mol. The van der Waals surface area contributed by atoms with E-state index >= 15 is 0 Å². The molecule has 1 atom stereocenters. The summed E-state index contributed by atoms with van der Waals surface area (Å²) in [5, 5.41) is 0.239. The van der Waals surface area contributed by atoms with Crippen molar-refractivity contribution in [2.45, 2.75) is 18.2 Å². The van der Waals surface area contributed by atoms with E-state index in [1.165, 1.54) is 32.3 Å². The number of amides is 1. The molecule has 1 heterocycles. The maximum Gasteiger partial charge on any atom is 0.259 e. The molecule has 2 aromatic carbocycles. The second-order valence-electron chi connectivity index (χ2n) is 6.78. The number of fused-ring (bicyclic) bond motifs is 1. The molecule has 2 aromatic rings. The first-order valence-corrected chi connectivity index (χ1v) is 10.2. The monoisotopic (exact) mass is 392 g/mol. The van der Waals surface area contributed by atoms with Crippen LogP contribution in [-0.2, 0) is 16.4 Å². The molecule has 3 rings (SSSR count). The van der Waals surface area contributed by atoms with Crippen LogP contribution in [-0.4, -0.2) is 39.3 Å². The van der Waals surface area contributed by atoms with E-state index in [4.69, 9.17) is 11.6 Å². The van der Waals surface area contributed by atoms with Gasteiger partial charge in [0.25, 0.3) is 5.91 Å². The first kappa shape index (κ1) is 18.9. The summed E-state index contributed by atoms with van der Waals surface area (Å²) in [5.41, 5.74) is 2.15. The van der Waals surface area contributed by atoms with E-state index in [2.05, 4.69) is 6.92 Å².